The van der Waals surface area contributed by atoms with Crippen LogP contribution in [-0.4, -0.2) is 36.0 Å². The number of nitrogens with zero attached hydrogens (tertiary/aromatic N) is 3. The smallest absolute Gasteiger partial charge is 0.194 e. The van der Waals surface area contributed by atoms with E-state index in [1.165, 1.54) is 24.0 Å². The number of aromatic nitrogens is 1. The minimum Gasteiger partial charge on any atom is -0.357 e. The van der Waals surface area contributed by atoms with Crippen LogP contribution >= 0.6 is 35.3 Å². The zero-order valence-electron chi connectivity index (χ0n) is 16.1. The first-order chi connectivity index (χ1) is 12.0. The van der Waals surface area contributed by atoms with Gasteiger partial charge in [0.1, 0.15) is 0 Å². The zero-order valence-corrected chi connectivity index (χ0v) is 19.2. The Balaban J connectivity index is 0.00000243. The average Bonchev–Trinajstić information content (AvgIpc) is 3.27. The molecule has 2 aromatic rings. The summed E-state index contributed by atoms with van der Waals surface area (Å²) in [7, 11) is 2.09. The Hall–Kier alpha value is -1.15. The summed E-state index contributed by atoms with van der Waals surface area (Å²) in [5, 5.41) is 6.67. The zero-order chi connectivity index (χ0) is 17.9. The lowest BCUT2D eigenvalue weighted by atomic mass is 9.92. The minimum absolute atomic E-state index is 0. The van der Waals surface area contributed by atoms with Gasteiger partial charge in [-0.25, -0.2) is 4.98 Å². The van der Waals surface area contributed by atoms with Gasteiger partial charge in [0.05, 0.1) is 23.8 Å². The van der Waals surface area contributed by atoms with Crippen molar-refractivity contribution in [3.8, 4) is 0 Å². The quantitative estimate of drug-likeness (QED) is 0.373. The van der Waals surface area contributed by atoms with Gasteiger partial charge in [0.25, 0.3) is 0 Å². The number of rotatable bonds is 6. The van der Waals surface area contributed by atoms with Gasteiger partial charge in [-0.1, -0.05) is 24.3 Å². The Kier molecular flexibility index (Phi) is 7.46. The van der Waals surface area contributed by atoms with Crippen molar-refractivity contribution in [2.75, 3.05) is 20.1 Å². The fourth-order valence-corrected chi connectivity index (χ4v) is 3.93. The van der Waals surface area contributed by atoms with Crippen LogP contribution in [0.25, 0.3) is 0 Å². The number of thiazole rings is 1. The molecule has 6 heteroatoms. The van der Waals surface area contributed by atoms with E-state index in [2.05, 4.69) is 65.7 Å². The van der Waals surface area contributed by atoms with Crippen LogP contribution in [-0.2, 0) is 12.0 Å². The van der Waals surface area contributed by atoms with Gasteiger partial charge < -0.3 is 10.2 Å². The van der Waals surface area contributed by atoms with Crippen LogP contribution in [0.4, 0.5) is 0 Å². The number of aryl methyl sites for hydroxylation is 2. The van der Waals surface area contributed by atoms with Gasteiger partial charge in [-0.3, -0.25) is 4.99 Å². The van der Waals surface area contributed by atoms with E-state index < -0.39 is 0 Å². The van der Waals surface area contributed by atoms with Crippen molar-refractivity contribution in [3.63, 3.8) is 0 Å². The van der Waals surface area contributed by atoms with E-state index in [1.54, 1.807) is 11.3 Å². The van der Waals surface area contributed by atoms with Crippen molar-refractivity contribution in [2.24, 2.45) is 4.99 Å². The van der Waals surface area contributed by atoms with E-state index in [0.29, 0.717) is 0 Å². The third-order valence-corrected chi connectivity index (χ3v) is 5.69. The van der Waals surface area contributed by atoms with Crippen LogP contribution in [0.2, 0.25) is 0 Å². The molecule has 1 aliphatic carbocycles. The molecule has 1 aromatic heterocycles. The molecule has 0 unspecified atom stereocenters. The Bertz CT molecular complexity index is 752. The summed E-state index contributed by atoms with van der Waals surface area (Å²) in [6.45, 7) is 8.88. The Morgan fingerprint density at radius 3 is 2.62 bits per heavy atom. The van der Waals surface area contributed by atoms with Crippen molar-refractivity contribution in [3.05, 3.63) is 51.5 Å². The van der Waals surface area contributed by atoms with Crippen LogP contribution in [0, 0.1) is 13.8 Å². The molecule has 1 saturated carbocycles. The topological polar surface area (TPSA) is 40.5 Å². The third-order valence-electron chi connectivity index (χ3n) is 4.86. The van der Waals surface area contributed by atoms with Crippen molar-refractivity contribution >= 4 is 41.3 Å². The molecular weight excluding hydrogens is 455 g/mol. The number of hydrogen-bond acceptors (Lipinski definition) is 3. The second-order valence-corrected chi connectivity index (χ2v) is 8.04. The summed E-state index contributed by atoms with van der Waals surface area (Å²) in [6, 6.07) is 8.74. The van der Waals surface area contributed by atoms with Crippen LogP contribution < -0.4 is 5.32 Å². The largest absolute Gasteiger partial charge is 0.357 e. The molecule has 0 radical (unpaired) electrons. The predicted octanol–water partition coefficient (Wildman–Crippen LogP) is 4.51. The van der Waals surface area contributed by atoms with Gasteiger partial charge in [-0.15, -0.1) is 35.3 Å². The van der Waals surface area contributed by atoms with Gasteiger partial charge in [0, 0.05) is 24.4 Å². The Morgan fingerprint density at radius 1 is 1.31 bits per heavy atom. The van der Waals surface area contributed by atoms with E-state index >= 15 is 0 Å². The predicted molar refractivity (Wildman–Crippen MR) is 122 cm³/mol. The van der Waals surface area contributed by atoms with Gasteiger partial charge in [-0.05, 0) is 44.7 Å². The van der Waals surface area contributed by atoms with Gasteiger partial charge >= 0.3 is 0 Å². The van der Waals surface area contributed by atoms with Crippen molar-refractivity contribution in [2.45, 2.75) is 45.6 Å². The molecule has 1 N–H and O–H groups in total. The fraction of sp³-hybridized carbons (Fsp3) is 0.500. The molecule has 0 atom stereocenters. The second-order valence-electron chi connectivity index (χ2n) is 6.98. The molecule has 0 aliphatic heterocycles. The van der Waals surface area contributed by atoms with Crippen LogP contribution in [0.5, 0.6) is 0 Å². The molecule has 0 bridgehead atoms. The first-order valence-corrected chi connectivity index (χ1v) is 9.88. The summed E-state index contributed by atoms with van der Waals surface area (Å²) >= 11 is 1.70. The average molecular weight is 484 g/mol. The minimum atomic E-state index is 0. The van der Waals surface area contributed by atoms with E-state index in [4.69, 9.17) is 4.99 Å². The molecule has 0 amide bonds. The van der Waals surface area contributed by atoms with Crippen molar-refractivity contribution in [1.29, 1.82) is 0 Å². The molecule has 1 heterocycles. The standard InChI is InChI=1S/C20H28N4S.HI/c1-5-21-19(24(4)12-17-13-25-16(3)23-17)22-14-20(10-11-20)18-9-7-6-8-15(18)2;/h6-9,13H,5,10-12,14H2,1-4H3,(H,21,22);1H. The first kappa shape index (κ1) is 21.2. The molecule has 0 spiro atoms. The lowest BCUT2D eigenvalue weighted by Gasteiger charge is -2.23. The summed E-state index contributed by atoms with van der Waals surface area (Å²) in [5.74, 6) is 0.966. The lowest BCUT2D eigenvalue weighted by molar-refractivity contribution is 0.469. The van der Waals surface area contributed by atoms with Crippen LogP contribution in [0.1, 0.15) is 41.6 Å². The Morgan fingerprint density at radius 2 is 2.04 bits per heavy atom. The number of aliphatic imine (C=N–C) groups is 1. The Labute approximate surface area is 178 Å². The number of guanidine groups is 1. The van der Waals surface area contributed by atoms with Gasteiger partial charge in [0.15, 0.2) is 5.96 Å². The normalized spacial score (nSPS) is 15.3. The highest BCUT2D eigenvalue weighted by Gasteiger charge is 2.44. The first-order valence-electron chi connectivity index (χ1n) is 9.00. The van der Waals surface area contributed by atoms with E-state index in [-0.39, 0.29) is 29.4 Å². The highest BCUT2D eigenvalue weighted by Crippen LogP contribution is 2.49. The third kappa shape index (κ3) is 4.97. The molecular formula is C20H29IN4S. The maximum atomic E-state index is 4.98. The highest BCUT2D eigenvalue weighted by atomic mass is 127. The maximum absolute atomic E-state index is 4.98. The summed E-state index contributed by atoms with van der Waals surface area (Å²) < 4.78 is 0. The lowest BCUT2D eigenvalue weighted by Crippen LogP contribution is -2.39. The molecule has 0 saturated heterocycles. The van der Waals surface area contributed by atoms with Crippen molar-refractivity contribution in [1.82, 2.24) is 15.2 Å². The number of nitrogens with one attached hydrogen (secondary N) is 1. The molecule has 1 fully saturated rings. The highest BCUT2D eigenvalue weighted by molar-refractivity contribution is 14.0. The molecule has 142 valence electrons. The SMILES string of the molecule is CCNC(=NCC1(c2ccccc2C)CC1)N(C)Cc1csc(C)n1.I. The van der Waals surface area contributed by atoms with Gasteiger partial charge in [0.2, 0.25) is 0 Å². The number of benzene rings is 1. The monoisotopic (exact) mass is 484 g/mol. The van der Waals surface area contributed by atoms with Gasteiger partial charge in [-0.2, -0.15) is 0 Å². The molecule has 4 nitrogen and oxygen atoms in total. The van der Waals surface area contributed by atoms with E-state index in [9.17, 15) is 0 Å². The molecule has 3 rings (SSSR count). The second kappa shape index (κ2) is 9.17. The summed E-state index contributed by atoms with van der Waals surface area (Å²) in [6.07, 6.45) is 2.46. The number of hydrogen-bond donors (Lipinski definition) is 1. The maximum Gasteiger partial charge on any atom is 0.194 e. The van der Waals surface area contributed by atoms with Crippen LogP contribution in [0.3, 0.4) is 0 Å². The summed E-state index contributed by atoms with van der Waals surface area (Å²) in [4.78, 5) is 11.7. The molecule has 26 heavy (non-hydrogen) atoms. The van der Waals surface area contributed by atoms with Crippen molar-refractivity contribution < 1.29 is 0 Å². The number of halogens is 1. The summed E-state index contributed by atoms with van der Waals surface area (Å²) in [5.41, 5.74) is 4.19. The molecule has 1 aromatic carbocycles. The van der Waals surface area contributed by atoms with Crippen LogP contribution in [0.15, 0.2) is 34.6 Å². The fourth-order valence-electron chi connectivity index (χ4n) is 3.33. The van der Waals surface area contributed by atoms with E-state index in [0.717, 1.165) is 36.3 Å². The molecule has 1 aliphatic rings. The van der Waals surface area contributed by atoms with E-state index in [1.807, 2.05) is 6.92 Å².